The molecule has 2 atom stereocenters. The van der Waals surface area contributed by atoms with Crippen molar-refractivity contribution in [1.82, 2.24) is 5.32 Å². The number of benzene rings is 1. The third-order valence-corrected chi connectivity index (χ3v) is 5.32. The molecule has 1 aliphatic carbocycles. The van der Waals surface area contributed by atoms with E-state index in [0.29, 0.717) is 5.25 Å². The molecule has 0 heterocycles. The van der Waals surface area contributed by atoms with Gasteiger partial charge in [0, 0.05) is 15.7 Å². The fraction of sp³-hybridized carbons (Fsp3) is 0.600. The van der Waals surface area contributed by atoms with Crippen LogP contribution in [-0.2, 0) is 0 Å². The summed E-state index contributed by atoms with van der Waals surface area (Å²) in [6.07, 6.45) is 4.42. The Hall–Kier alpha value is -0.710. The zero-order valence-corrected chi connectivity index (χ0v) is 12.5. The van der Waals surface area contributed by atoms with Crippen LogP contribution in [-0.4, -0.2) is 36.7 Å². The molecule has 0 spiro atoms. The fourth-order valence-electron chi connectivity index (χ4n) is 2.75. The van der Waals surface area contributed by atoms with Gasteiger partial charge in [-0.2, -0.15) is 0 Å². The molecule has 0 bridgehead atoms. The first kappa shape index (κ1) is 14.7. The number of hydrogen-bond acceptors (Lipinski definition) is 4. The highest BCUT2D eigenvalue weighted by Gasteiger charge is 2.35. The first-order valence-corrected chi connectivity index (χ1v) is 7.70. The lowest BCUT2D eigenvalue weighted by Crippen LogP contribution is -2.50. The van der Waals surface area contributed by atoms with Crippen LogP contribution in [0.15, 0.2) is 29.2 Å². The van der Waals surface area contributed by atoms with Crippen LogP contribution in [0, 0.1) is 0 Å². The summed E-state index contributed by atoms with van der Waals surface area (Å²) in [5.41, 5.74) is -0.0993. The van der Waals surface area contributed by atoms with Gasteiger partial charge in [-0.15, -0.1) is 11.8 Å². The smallest absolute Gasteiger partial charge is 0.132 e. The minimum Gasteiger partial charge on any atom is -0.496 e. The molecule has 0 radical (unpaired) electrons. The average Bonchev–Trinajstić information content (AvgIpc) is 2.48. The van der Waals surface area contributed by atoms with Crippen molar-refractivity contribution in [1.29, 1.82) is 0 Å². The van der Waals surface area contributed by atoms with E-state index in [4.69, 9.17) is 4.74 Å². The molecule has 4 heteroatoms. The van der Waals surface area contributed by atoms with Crippen LogP contribution < -0.4 is 10.1 Å². The molecule has 1 saturated carbocycles. The summed E-state index contributed by atoms with van der Waals surface area (Å²) in [5.74, 6) is 0.942. The Balaban J connectivity index is 2.06. The van der Waals surface area contributed by atoms with Gasteiger partial charge in [0.25, 0.3) is 0 Å². The van der Waals surface area contributed by atoms with Crippen molar-refractivity contribution in [2.75, 3.05) is 20.8 Å². The highest BCUT2D eigenvalue weighted by atomic mass is 32.2. The number of rotatable bonds is 5. The maximum Gasteiger partial charge on any atom is 0.132 e. The van der Waals surface area contributed by atoms with E-state index < -0.39 is 0 Å². The molecule has 2 rings (SSSR count). The number of thioether (sulfide) groups is 1. The quantitative estimate of drug-likeness (QED) is 0.871. The monoisotopic (exact) mass is 281 g/mol. The molecule has 0 aromatic heterocycles. The van der Waals surface area contributed by atoms with Gasteiger partial charge in [0.15, 0.2) is 0 Å². The predicted molar refractivity (Wildman–Crippen MR) is 80.0 cm³/mol. The largest absolute Gasteiger partial charge is 0.496 e. The van der Waals surface area contributed by atoms with E-state index in [1.165, 1.54) is 11.3 Å². The van der Waals surface area contributed by atoms with Crippen LogP contribution in [0.2, 0.25) is 0 Å². The van der Waals surface area contributed by atoms with Gasteiger partial charge in [-0.3, -0.25) is 0 Å². The van der Waals surface area contributed by atoms with Crippen LogP contribution in [0.25, 0.3) is 0 Å². The summed E-state index contributed by atoms with van der Waals surface area (Å²) >= 11 is 1.87. The number of aliphatic hydroxyl groups excluding tert-OH is 1. The molecule has 1 aliphatic rings. The van der Waals surface area contributed by atoms with E-state index in [9.17, 15) is 5.11 Å². The molecule has 1 aromatic carbocycles. The highest BCUT2D eigenvalue weighted by molar-refractivity contribution is 8.00. The third-order valence-electron chi connectivity index (χ3n) is 4.00. The summed E-state index contributed by atoms with van der Waals surface area (Å²) in [6.45, 7) is 0.215. The SMILES string of the molecule is CNC1(CO)CCCC(Sc2ccccc2OC)C1. The summed E-state index contributed by atoms with van der Waals surface area (Å²) in [5, 5.41) is 13.5. The van der Waals surface area contributed by atoms with Gasteiger partial charge in [-0.25, -0.2) is 0 Å². The van der Waals surface area contributed by atoms with E-state index in [1.807, 2.05) is 37.0 Å². The molecule has 0 saturated heterocycles. The van der Waals surface area contributed by atoms with Crippen LogP contribution in [0.3, 0.4) is 0 Å². The lowest BCUT2D eigenvalue weighted by Gasteiger charge is -2.39. The van der Waals surface area contributed by atoms with Crippen molar-refractivity contribution in [3.05, 3.63) is 24.3 Å². The zero-order valence-electron chi connectivity index (χ0n) is 11.7. The lowest BCUT2D eigenvalue weighted by molar-refractivity contribution is 0.131. The van der Waals surface area contributed by atoms with Gasteiger partial charge >= 0.3 is 0 Å². The second kappa shape index (κ2) is 6.64. The molecule has 19 heavy (non-hydrogen) atoms. The second-order valence-corrected chi connectivity index (χ2v) is 6.52. The predicted octanol–water partition coefficient (Wildman–Crippen LogP) is 2.68. The topological polar surface area (TPSA) is 41.5 Å². The Bertz CT molecular complexity index is 407. The van der Waals surface area contributed by atoms with Crippen molar-refractivity contribution in [2.24, 2.45) is 0 Å². The number of hydrogen-bond donors (Lipinski definition) is 2. The van der Waals surface area contributed by atoms with Crippen molar-refractivity contribution < 1.29 is 9.84 Å². The maximum absolute atomic E-state index is 9.63. The molecule has 0 amide bonds. The Morgan fingerprint density at radius 2 is 2.26 bits per heavy atom. The number of ether oxygens (including phenoxy) is 1. The minimum absolute atomic E-state index is 0.0993. The van der Waals surface area contributed by atoms with E-state index in [1.54, 1.807) is 7.11 Å². The van der Waals surface area contributed by atoms with E-state index >= 15 is 0 Å². The molecule has 3 nitrogen and oxygen atoms in total. The van der Waals surface area contributed by atoms with Gasteiger partial charge in [0.2, 0.25) is 0 Å². The third kappa shape index (κ3) is 3.44. The highest BCUT2D eigenvalue weighted by Crippen LogP contribution is 2.40. The molecular weight excluding hydrogens is 258 g/mol. The number of para-hydroxylation sites is 1. The first-order valence-electron chi connectivity index (χ1n) is 6.82. The standard InChI is InChI=1S/C15H23NO2S/c1-16-15(11-17)9-5-6-12(10-15)19-14-8-4-3-7-13(14)18-2/h3-4,7-8,12,16-17H,5-6,9-11H2,1-2H3. The molecule has 1 fully saturated rings. The van der Waals surface area contributed by atoms with Gasteiger partial charge in [0.1, 0.15) is 5.75 Å². The van der Waals surface area contributed by atoms with Gasteiger partial charge in [-0.1, -0.05) is 18.6 Å². The molecule has 106 valence electrons. The van der Waals surface area contributed by atoms with E-state index in [-0.39, 0.29) is 12.1 Å². The molecule has 2 unspecified atom stereocenters. The number of methoxy groups -OCH3 is 1. The summed E-state index contributed by atoms with van der Waals surface area (Å²) in [6, 6.07) is 8.15. The normalized spacial score (nSPS) is 27.2. The second-order valence-electron chi connectivity index (χ2n) is 5.18. The Morgan fingerprint density at radius 1 is 1.47 bits per heavy atom. The number of aliphatic hydroxyl groups is 1. The maximum atomic E-state index is 9.63. The van der Waals surface area contributed by atoms with Crippen molar-refractivity contribution in [3.8, 4) is 5.75 Å². The molecule has 0 aliphatic heterocycles. The van der Waals surface area contributed by atoms with E-state index in [2.05, 4.69) is 11.4 Å². The van der Waals surface area contributed by atoms with Crippen molar-refractivity contribution >= 4 is 11.8 Å². The summed E-state index contributed by atoms with van der Waals surface area (Å²) < 4.78 is 5.41. The number of likely N-dealkylation sites (N-methyl/N-ethyl adjacent to an activating group) is 1. The zero-order chi connectivity index (χ0) is 13.7. The van der Waals surface area contributed by atoms with Crippen LogP contribution in [0.1, 0.15) is 25.7 Å². The Labute approximate surface area is 119 Å². The fourth-order valence-corrected chi connectivity index (χ4v) is 4.22. The summed E-state index contributed by atoms with van der Waals surface area (Å²) in [7, 11) is 3.66. The van der Waals surface area contributed by atoms with Crippen LogP contribution in [0.5, 0.6) is 5.75 Å². The first-order chi connectivity index (χ1) is 9.23. The van der Waals surface area contributed by atoms with Crippen LogP contribution in [0.4, 0.5) is 0 Å². The Morgan fingerprint density at radius 3 is 2.95 bits per heavy atom. The van der Waals surface area contributed by atoms with Gasteiger partial charge in [-0.05, 0) is 38.4 Å². The minimum atomic E-state index is -0.0993. The van der Waals surface area contributed by atoms with E-state index in [0.717, 1.165) is 25.0 Å². The molecule has 1 aromatic rings. The molecule has 2 N–H and O–H groups in total. The summed E-state index contributed by atoms with van der Waals surface area (Å²) in [4.78, 5) is 1.19. The van der Waals surface area contributed by atoms with Crippen molar-refractivity contribution in [2.45, 2.75) is 41.4 Å². The Kier molecular flexibility index (Phi) is 5.13. The lowest BCUT2D eigenvalue weighted by atomic mass is 9.82. The number of nitrogens with one attached hydrogen (secondary N) is 1. The molecular formula is C15H23NO2S. The van der Waals surface area contributed by atoms with Crippen LogP contribution >= 0.6 is 11.8 Å². The van der Waals surface area contributed by atoms with Gasteiger partial charge < -0.3 is 15.2 Å². The van der Waals surface area contributed by atoms with Gasteiger partial charge in [0.05, 0.1) is 13.7 Å². The van der Waals surface area contributed by atoms with Crippen molar-refractivity contribution in [3.63, 3.8) is 0 Å². The average molecular weight is 281 g/mol.